The molecule has 4 nitrogen and oxygen atoms in total. The summed E-state index contributed by atoms with van der Waals surface area (Å²) in [4.78, 5) is 16.3. The highest BCUT2D eigenvalue weighted by atomic mass is 16.7. The quantitative estimate of drug-likeness (QED) is 0.539. The highest BCUT2D eigenvalue weighted by Gasteiger charge is 2.47. The van der Waals surface area contributed by atoms with Crippen molar-refractivity contribution in [2.45, 2.75) is 20.0 Å². The zero-order valence-corrected chi connectivity index (χ0v) is 7.11. The average molecular weight is 169 g/mol. The SMILES string of the molecule is CC(C)C1=NO[C@@H]2COC(=O)[C@H]12. The van der Waals surface area contributed by atoms with Crippen molar-refractivity contribution in [3.63, 3.8) is 0 Å². The van der Waals surface area contributed by atoms with Gasteiger partial charge in [0, 0.05) is 0 Å². The van der Waals surface area contributed by atoms with Crippen molar-refractivity contribution >= 4 is 11.7 Å². The van der Waals surface area contributed by atoms with E-state index in [2.05, 4.69) is 5.16 Å². The Morgan fingerprint density at radius 3 is 3.00 bits per heavy atom. The third kappa shape index (κ3) is 0.906. The standard InChI is InChI=1S/C8H11NO3/c1-4(2)7-6-5(12-9-7)3-11-8(6)10/h4-6H,3H2,1-2H3/t5-,6+/m1/s1. The molecule has 1 fully saturated rings. The number of cyclic esters (lactones) is 1. The second kappa shape index (κ2) is 2.47. The highest BCUT2D eigenvalue weighted by Crippen LogP contribution is 2.29. The van der Waals surface area contributed by atoms with Crippen LogP contribution in [0.15, 0.2) is 5.16 Å². The van der Waals surface area contributed by atoms with E-state index < -0.39 is 0 Å². The molecule has 0 bridgehead atoms. The van der Waals surface area contributed by atoms with E-state index in [0.29, 0.717) is 6.61 Å². The molecule has 2 heterocycles. The van der Waals surface area contributed by atoms with Crippen LogP contribution in [-0.4, -0.2) is 24.4 Å². The maximum Gasteiger partial charge on any atom is 0.319 e. The van der Waals surface area contributed by atoms with Gasteiger partial charge in [0.15, 0.2) is 6.10 Å². The molecule has 2 aliphatic heterocycles. The summed E-state index contributed by atoms with van der Waals surface area (Å²) in [6, 6.07) is 0. The van der Waals surface area contributed by atoms with Gasteiger partial charge in [0.25, 0.3) is 0 Å². The van der Waals surface area contributed by atoms with Crippen LogP contribution in [-0.2, 0) is 14.4 Å². The molecule has 66 valence electrons. The Bertz CT molecular complexity index is 247. The normalized spacial score (nSPS) is 32.9. The largest absolute Gasteiger partial charge is 0.461 e. The van der Waals surface area contributed by atoms with Crippen LogP contribution in [0.3, 0.4) is 0 Å². The lowest BCUT2D eigenvalue weighted by atomic mass is 9.92. The van der Waals surface area contributed by atoms with Gasteiger partial charge in [-0.25, -0.2) is 0 Å². The van der Waals surface area contributed by atoms with E-state index in [4.69, 9.17) is 9.57 Å². The molecule has 0 aliphatic carbocycles. The summed E-state index contributed by atoms with van der Waals surface area (Å²) in [6.45, 7) is 4.34. The van der Waals surface area contributed by atoms with Crippen LogP contribution in [0, 0.1) is 11.8 Å². The predicted octanol–water partition coefficient (Wildman–Crippen LogP) is 0.570. The van der Waals surface area contributed by atoms with Gasteiger partial charge in [-0.1, -0.05) is 19.0 Å². The van der Waals surface area contributed by atoms with E-state index in [1.807, 2.05) is 13.8 Å². The third-order valence-corrected chi connectivity index (χ3v) is 2.22. The number of esters is 1. The number of hydrogen-bond donors (Lipinski definition) is 0. The molecule has 2 rings (SSSR count). The molecular weight excluding hydrogens is 158 g/mol. The van der Waals surface area contributed by atoms with Crippen molar-refractivity contribution in [1.29, 1.82) is 0 Å². The minimum atomic E-state index is -0.231. The zero-order valence-electron chi connectivity index (χ0n) is 7.11. The van der Waals surface area contributed by atoms with Crippen molar-refractivity contribution < 1.29 is 14.4 Å². The van der Waals surface area contributed by atoms with Gasteiger partial charge < -0.3 is 9.57 Å². The molecule has 12 heavy (non-hydrogen) atoms. The van der Waals surface area contributed by atoms with E-state index in [9.17, 15) is 4.79 Å². The lowest BCUT2D eigenvalue weighted by molar-refractivity contribution is -0.139. The Labute approximate surface area is 70.5 Å². The van der Waals surface area contributed by atoms with Gasteiger partial charge in [0.05, 0.1) is 5.71 Å². The van der Waals surface area contributed by atoms with Gasteiger partial charge >= 0.3 is 5.97 Å². The van der Waals surface area contributed by atoms with Crippen molar-refractivity contribution in [2.24, 2.45) is 17.0 Å². The molecule has 0 saturated carbocycles. The topological polar surface area (TPSA) is 47.9 Å². The number of ether oxygens (including phenoxy) is 1. The second-order valence-electron chi connectivity index (χ2n) is 3.42. The third-order valence-electron chi connectivity index (χ3n) is 2.22. The van der Waals surface area contributed by atoms with Crippen LogP contribution in [0.1, 0.15) is 13.8 Å². The maximum atomic E-state index is 11.2. The summed E-state index contributed by atoms with van der Waals surface area (Å²) in [5.41, 5.74) is 0.822. The number of hydrogen-bond acceptors (Lipinski definition) is 4. The summed E-state index contributed by atoms with van der Waals surface area (Å²) in [7, 11) is 0. The van der Waals surface area contributed by atoms with Gasteiger partial charge in [-0.2, -0.15) is 0 Å². The summed E-state index contributed by atoms with van der Waals surface area (Å²) < 4.78 is 4.86. The summed E-state index contributed by atoms with van der Waals surface area (Å²) >= 11 is 0. The zero-order chi connectivity index (χ0) is 8.72. The summed E-state index contributed by atoms with van der Waals surface area (Å²) in [5.74, 6) is -0.166. The van der Waals surface area contributed by atoms with Crippen molar-refractivity contribution in [3.8, 4) is 0 Å². The predicted molar refractivity (Wildman–Crippen MR) is 41.6 cm³/mol. The fraction of sp³-hybridized carbons (Fsp3) is 0.750. The Morgan fingerprint density at radius 2 is 2.33 bits per heavy atom. The highest BCUT2D eigenvalue weighted by molar-refractivity contribution is 6.05. The molecule has 0 aromatic rings. The van der Waals surface area contributed by atoms with Gasteiger partial charge in [-0.05, 0) is 5.92 Å². The first-order valence-corrected chi connectivity index (χ1v) is 4.10. The maximum absolute atomic E-state index is 11.2. The first-order valence-electron chi connectivity index (χ1n) is 4.10. The van der Waals surface area contributed by atoms with Crippen molar-refractivity contribution in [3.05, 3.63) is 0 Å². The Kier molecular flexibility index (Phi) is 1.56. The molecule has 4 heteroatoms. The van der Waals surface area contributed by atoms with Crippen LogP contribution >= 0.6 is 0 Å². The van der Waals surface area contributed by atoms with E-state index in [0.717, 1.165) is 5.71 Å². The van der Waals surface area contributed by atoms with Crippen molar-refractivity contribution in [2.75, 3.05) is 6.61 Å². The molecule has 0 radical (unpaired) electrons. The minimum Gasteiger partial charge on any atom is -0.461 e. The van der Waals surface area contributed by atoms with Gasteiger partial charge in [0.1, 0.15) is 12.5 Å². The number of carbonyl (C=O) groups excluding carboxylic acids is 1. The van der Waals surface area contributed by atoms with E-state index in [-0.39, 0.29) is 23.9 Å². The molecule has 0 aromatic carbocycles. The van der Waals surface area contributed by atoms with Gasteiger partial charge in [-0.3, -0.25) is 4.79 Å². The van der Waals surface area contributed by atoms with Crippen molar-refractivity contribution in [1.82, 2.24) is 0 Å². The molecule has 0 aromatic heterocycles. The molecule has 2 atom stereocenters. The van der Waals surface area contributed by atoms with E-state index in [1.165, 1.54) is 0 Å². The lowest BCUT2D eigenvalue weighted by Gasteiger charge is -2.06. The van der Waals surface area contributed by atoms with Crippen LogP contribution in [0.2, 0.25) is 0 Å². The molecule has 0 N–H and O–H groups in total. The number of rotatable bonds is 1. The second-order valence-corrected chi connectivity index (χ2v) is 3.42. The first-order chi connectivity index (χ1) is 5.70. The van der Waals surface area contributed by atoms with Gasteiger partial charge in [0.2, 0.25) is 0 Å². The number of nitrogens with zero attached hydrogens (tertiary/aromatic N) is 1. The Balaban J connectivity index is 2.22. The molecule has 0 spiro atoms. The van der Waals surface area contributed by atoms with E-state index in [1.54, 1.807) is 0 Å². The molecule has 1 saturated heterocycles. The van der Waals surface area contributed by atoms with E-state index >= 15 is 0 Å². The fourth-order valence-corrected chi connectivity index (χ4v) is 1.55. The molecule has 2 aliphatic rings. The minimum absolute atomic E-state index is 0.158. The lowest BCUT2D eigenvalue weighted by Crippen LogP contribution is -2.27. The van der Waals surface area contributed by atoms with Crippen LogP contribution < -0.4 is 0 Å². The molecule has 0 amide bonds. The summed E-state index contributed by atoms with van der Waals surface area (Å²) in [5, 5.41) is 3.89. The first kappa shape index (κ1) is 7.58. The molecular formula is C8H11NO3. The monoisotopic (exact) mass is 169 g/mol. The van der Waals surface area contributed by atoms with Crippen LogP contribution in [0.4, 0.5) is 0 Å². The Hall–Kier alpha value is -1.06. The summed E-state index contributed by atoms with van der Waals surface area (Å²) in [6.07, 6.45) is -0.158. The van der Waals surface area contributed by atoms with Gasteiger partial charge in [-0.15, -0.1) is 0 Å². The molecule has 0 unspecified atom stereocenters. The average Bonchev–Trinajstić information content (AvgIpc) is 2.53. The fourth-order valence-electron chi connectivity index (χ4n) is 1.55. The van der Waals surface area contributed by atoms with Crippen LogP contribution in [0.25, 0.3) is 0 Å². The Morgan fingerprint density at radius 1 is 1.58 bits per heavy atom. The smallest absolute Gasteiger partial charge is 0.319 e. The number of oxime groups is 1. The number of carbonyl (C=O) groups is 1. The van der Waals surface area contributed by atoms with Crippen LogP contribution in [0.5, 0.6) is 0 Å². The number of fused-ring (bicyclic) bond motifs is 1.